The summed E-state index contributed by atoms with van der Waals surface area (Å²) in [5.41, 5.74) is 4.23. The molecule has 0 bridgehead atoms. The van der Waals surface area contributed by atoms with E-state index in [-0.39, 0.29) is 0 Å². The summed E-state index contributed by atoms with van der Waals surface area (Å²) in [6.07, 6.45) is 2.35. The molecule has 0 heterocycles. The van der Waals surface area contributed by atoms with Gasteiger partial charge in [-0.15, -0.1) is 0 Å². The van der Waals surface area contributed by atoms with Gasteiger partial charge in [0.1, 0.15) is 0 Å². The number of hydrogen-bond donors (Lipinski definition) is 1. The third-order valence-electron chi connectivity index (χ3n) is 2.25. The van der Waals surface area contributed by atoms with E-state index < -0.39 is 0 Å². The third kappa shape index (κ3) is 6.26. The lowest BCUT2D eigenvalue weighted by atomic mass is 10.1. The van der Waals surface area contributed by atoms with Crippen LogP contribution in [-0.4, -0.2) is 6.61 Å². The first-order valence-corrected chi connectivity index (χ1v) is 5.67. The summed E-state index contributed by atoms with van der Waals surface area (Å²) in [6.45, 7) is 6.04. The molecular weight excluding hydrogens is 186 g/mol. The minimum Gasteiger partial charge on any atom is -0.301 e. The van der Waals surface area contributed by atoms with Crippen molar-refractivity contribution < 1.29 is 4.84 Å². The van der Waals surface area contributed by atoms with E-state index in [0.717, 1.165) is 25.5 Å². The summed E-state index contributed by atoms with van der Waals surface area (Å²) < 4.78 is 0. The highest BCUT2D eigenvalue weighted by Crippen LogP contribution is 2.02. The number of hydroxylamine groups is 1. The monoisotopic (exact) mass is 207 g/mol. The maximum absolute atomic E-state index is 5.34. The standard InChI is InChI=1S/C13H21NO/c1-12(2)7-6-10-15-14-11-13-8-4-3-5-9-13/h3-5,8-9,12,14H,6-7,10-11H2,1-2H3. The van der Waals surface area contributed by atoms with Crippen LogP contribution in [0.1, 0.15) is 32.3 Å². The Kier molecular flexibility index (Phi) is 6.05. The van der Waals surface area contributed by atoms with Gasteiger partial charge < -0.3 is 4.84 Å². The summed E-state index contributed by atoms with van der Waals surface area (Å²) >= 11 is 0. The van der Waals surface area contributed by atoms with E-state index in [1.165, 1.54) is 12.0 Å². The van der Waals surface area contributed by atoms with Gasteiger partial charge in [-0.3, -0.25) is 0 Å². The second kappa shape index (κ2) is 7.43. The minimum absolute atomic E-state index is 0.766. The zero-order valence-electron chi connectivity index (χ0n) is 9.70. The molecule has 0 aromatic heterocycles. The van der Waals surface area contributed by atoms with E-state index in [4.69, 9.17) is 4.84 Å². The van der Waals surface area contributed by atoms with Crippen LogP contribution in [-0.2, 0) is 11.4 Å². The van der Waals surface area contributed by atoms with E-state index in [2.05, 4.69) is 31.5 Å². The molecule has 0 fully saturated rings. The molecule has 0 amide bonds. The predicted octanol–water partition coefficient (Wildman–Crippen LogP) is 3.14. The van der Waals surface area contributed by atoms with Crippen LogP contribution >= 0.6 is 0 Å². The minimum atomic E-state index is 0.766. The summed E-state index contributed by atoms with van der Waals surface area (Å²) in [6, 6.07) is 10.3. The number of rotatable bonds is 7. The summed E-state index contributed by atoms with van der Waals surface area (Å²) in [7, 11) is 0. The molecule has 0 aliphatic rings. The van der Waals surface area contributed by atoms with Crippen LogP contribution in [0.15, 0.2) is 30.3 Å². The zero-order chi connectivity index (χ0) is 10.9. The smallest absolute Gasteiger partial charge is 0.0682 e. The Morgan fingerprint density at radius 2 is 1.93 bits per heavy atom. The van der Waals surface area contributed by atoms with Gasteiger partial charge in [0.15, 0.2) is 0 Å². The molecule has 0 spiro atoms. The van der Waals surface area contributed by atoms with Gasteiger partial charge in [0.25, 0.3) is 0 Å². The SMILES string of the molecule is CC(C)CCCONCc1ccccc1. The normalized spacial score (nSPS) is 10.9. The van der Waals surface area contributed by atoms with Gasteiger partial charge in [0.2, 0.25) is 0 Å². The van der Waals surface area contributed by atoms with Crippen molar-refractivity contribution >= 4 is 0 Å². The van der Waals surface area contributed by atoms with Gasteiger partial charge in [-0.2, -0.15) is 5.48 Å². The molecular formula is C13H21NO. The van der Waals surface area contributed by atoms with Crippen LogP contribution in [0.5, 0.6) is 0 Å². The molecule has 1 aromatic carbocycles. The highest BCUT2D eigenvalue weighted by atomic mass is 16.6. The van der Waals surface area contributed by atoms with Crippen molar-refractivity contribution in [1.82, 2.24) is 5.48 Å². The summed E-state index contributed by atoms with van der Waals surface area (Å²) in [5, 5.41) is 0. The maximum Gasteiger partial charge on any atom is 0.0682 e. The van der Waals surface area contributed by atoms with E-state index in [1.807, 2.05) is 18.2 Å². The first kappa shape index (κ1) is 12.2. The molecule has 0 saturated heterocycles. The fraction of sp³-hybridized carbons (Fsp3) is 0.538. The van der Waals surface area contributed by atoms with Gasteiger partial charge in [-0.1, -0.05) is 44.2 Å². The second-order valence-electron chi connectivity index (χ2n) is 4.19. The number of nitrogens with one attached hydrogen (secondary N) is 1. The van der Waals surface area contributed by atoms with Crippen LogP contribution in [0.25, 0.3) is 0 Å². The molecule has 0 atom stereocenters. The van der Waals surface area contributed by atoms with E-state index >= 15 is 0 Å². The molecule has 0 radical (unpaired) electrons. The maximum atomic E-state index is 5.34. The average Bonchev–Trinajstić information content (AvgIpc) is 2.24. The Morgan fingerprint density at radius 1 is 1.20 bits per heavy atom. The zero-order valence-corrected chi connectivity index (χ0v) is 9.70. The van der Waals surface area contributed by atoms with Gasteiger partial charge in [-0.05, 0) is 24.3 Å². The number of benzene rings is 1. The van der Waals surface area contributed by atoms with E-state index in [1.54, 1.807) is 0 Å². The lowest BCUT2D eigenvalue weighted by molar-refractivity contribution is 0.0330. The quantitative estimate of drug-likeness (QED) is 0.548. The van der Waals surface area contributed by atoms with Crippen LogP contribution in [0.2, 0.25) is 0 Å². The molecule has 84 valence electrons. The Morgan fingerprint density at radius 3 is 2.60 bits per heavy atom. The first-order valence-electron chi connectivity index (χ1n) is 5.67. The van der Waals surface area contributed by atoms with Crippen LogP contribution in [0.3, 0.4) is 0 Å². The van der Waals surface area contributed by atoms with Crippen molar-refractivity contribution in [3.8, 4) is 0 Å². The third-order valence-corrected chi connectivity index (χ3v) is 2.25. The Labute approximate surface area is 92.6 Å². The van der Waals surface area contributed by atoms with Gasteiger partial charge in [0, 0.05) is 6.54 Å². The van der Waals surface area contributed by atoms with E-state index in [0.29, 0.717) is 0 Å². The van der Waals surface area contributed by atoms with Crippen molar-refractivity contribution in [1.29, 1.82) is 0 Å². The lowest BCUT2D eigenvalue weighted by Crippen LogP contribution is -2.15. The molecule has 2 nitrogen and oxygen atoms in total. The largest absolute Gasteiger partial charge is 0.301 e. The molecule has 0 aliphatic carbocycles. The second-order valence-corrected chi connectivity index (χ2v) is 4.19. The lowest BCUT2D eigenvalue weighted by Gasteiger charge is -2.07. The molecule has 0 aliphatic heterocycles. The number of hydrogen-bond acceptors (Lipinski definition) is 2. The Hall–Kier alpha value is -0.860. The van der Waals surface area contributed by atoms with Crippen molar-refractivity contribution in [2.45, 2.75) is 33.2 Å². The van der Waals surface area contributed by atoms with Gasteiger partial charge in [0.05, 0.1) is 6.61 Å². The molecule has 0 unspecified atom stereocenters. The Bertz CT molecular complexity index is 246. The first-order chi connectivity index (χ1) is 7.29. The highest BCUT2D eigenvalue weighted by molar-refractivity contribution is 5.13. The fourth-order valence-corrected chi connectivity index (χ4v) is 1.37. The fourth-order valence-electron chi connectivity index (χ4n) is 1.37. The van der Waals surface area contributed by atoms with Crippen LogP contribution < -0.4 is 5.48 Å². The highest BCUT2D eigenvalue weighted by Gasteiger charge is 1.94. The topological polar surface area (TPSA) is 21.3 Å². The molecule has 2 heteroatoms. The van der Waals surface area contributed by atoms with Crippen molar-refractivity contribution in [2.75, 3.05) is 6.61 Å². The van der Waals surface area contributed by atoms with Crippen LogP contribution in [0, 0.1) is 5.92 Å². The van der Waals surface area contributed by atoms with Crippen molar-refractivity contribution in [3.63, 3.8) is 0 Å². The van der Waals surface area contributed by atoms with Gasteiger partial charge in [-0.25, -0.2) is 0 Å². The summed E-state index contributed by atoms with van der Waals surface area (Å²) in [4.78, 5) is 5.34. The molecule has 15 heavy (non-hydrogen) atoms. The van der Waals surface area contributed by atoms with Crippen LogP contribution in [0.4, 0.5) is 0 Å². The van der Waals surface area contributed by atoms with E-state index in [9.17, 15) is 0 Å². The van der Waals surface area contributed by atoms with Crippen molar-refractivity contribution in [2.24, 2.45) is 5.92 Å². The predicted molar refractivity (Wildman–Crippen MR) is 63.3 cm³/mol. The Balaban J connectivity index is 1.98. The average molecular weight is 207 g/mol. The molecule has 1 N–H and O–H groups in total. The van der Waals surface area contributed by atoms with Gasteiger partial charge >= 0.3 is 0 Å². The summed E-state index contributed by atoms with van der Waals surface area (Å²) in [5.74, 6) is 0.766. The molecule has 1 aromatic rings. The van der Waals surface area contributed by atoms with Crippen molar-refractivity contribution in [3.05, 3.63) is 35.9 Å². The molecule has 0 saturated carbocycles. The molecule has 1 rings (SSSR count).